The molecule has 0 N–H and O–H groups in total. The molecule has 0 saturated carbocycles. The minimum Gasteiger partial charge on any atom is -0.378 e. The molecule has 1 aliphatic heterocycles. The van der Waals surface area contributed by atoms with Crippen molar-refractivity contribution in [2.45, 2.75) is 51.0 Å². The van der Waals surface area contributed by atoms with Crippen LogP contribution in [0.3, 0.4) is 0 Å². The molecule has 2 atom stereocenters. The smallest absolute Gasteiger partial charge is 0.166 e. The highest BCUT2D eigenvalue weighted by atomic mass is 19.2. The second-order valence-corrected chi connectivity index (χ2v) is 8.67. The molecule has 1 heterocycles. The Morgan fingerprint density at radius 3 is 2.21 bits per heavy atom. The molecular formula is C29H29F3O. The van der Waals surface area contributed by atoms with E-state index in [2.05, 4.69) is 6.58 Å². The van der Waals surface area contributed by atoms with Crippen LogP contribution >= 0.6 is 0 Å². The standard InChI is InChI=1S/C29H29F3O/c1-3-5-6-24-14-11-23(18-33-24)22-13-15-25(27(30)17-22)20-7-9-21(10-8-20)26-16-12-19(4-2)28(31)29(26)32/h3,7-10,12-13,15-17,23-24H,1,4-6,11,14,18H2,2H3. The van der Waals surface area contributed by atoms with Crippen molar-refractivity contribution in [2.24, 2.45) is 0 Å². The molecule has 172 valence electrons. The summed E-state index contributed by atoms with van der Waals surface area (Å²) in [4.78, 5) is 0. The van der Waals surface area contributed by atoms with E-state index in [1.807, 2.05) is 12.1 Å². The molecule has 2 unspecified atom stereocenters. The molecule has 0 radical (unpaired) electrons. The fourth-order valence-corrected chi connectivity index (χ4v) is 4.53. The summed E-state index contributed by atoms with van der Waals surface area (Å²) in [7, 11) is 0. The summed E-state index contributed by atoms with van der Waals surface area (Å²) in [5, 5.41) is 0. The fraction of sp³-hybridized carbons (Fsp3) is 0.310. The number of rotatable bonds is 7. The van der Waals surface area contributed by atoms with Crippen molar-refractivity contribution in [1.29, 1.82) is 0 Å². The predicted octanol–water partition coefficient (Wildman–Crippen LogP) is 8.23. The van der Waals surface area contributed by atoms with Crippen LogP contribution in [0.5, 0.6) is 0 Å². The summed E-state index contributed by atoms with van der Waals surface area (Å²) < 4.78 is 49.6. The van der Waals surface area contributed by atoms with Crippen molar-refractivity contribution in [2.75, 3.05) is 6.61 Å². The zero-order valence-corrected chi connectivity index (χ0v) is 18.9. The molecule has 0 amide bonds. The summed E-state index contributed by atoms with van der Waals surface area (Å²) in [5.41, 5.74) is 3.24. The Morgan fingerprint density at radius 1 is 0.909 bits per heavy atom. The molecule has 33 heavy (non-hydrogen) atoms. The first-order valence-corrected chi connectivity index (χ1v) is 11.6. The van der Waals surface area contributed by atoms with Gasteiger partial charge in [-0.05, 0) is 60.4 Å². The SMILES string of the molecule is C=CCCC1CCC(c2ccc(-c3ccc(-c4ccc(CC)c(F)c4F)cc3)c(F)c2)CO1. The zero-order chi connectivity index (χ0) is 23.4. The van der Waals surface area contributed by atoms with Crippen LogP contribution in [0.25, 0.3) is 22.3 Å². The lowest BCUT2D eigenvalue weighted by Gasteiger charge is -2.29. The molecule has 0 bridgehead atoms. The van der Waals surface area contributed by atoms with E-state index in [1.165, 1.54) is 0 Å². The van der Waals surface area contributed by atoms with Gasteiger partial charge in [-0.15, -0.1) is 6.58 Å². The first kappa shape index (κ1) is 23.3. The molecule has 0 spiro atoms. The molecule has 3 aromatic rings. The van der Waals surface area contributed by atoms with E-state index < -0.39 is 11.6 Å². The van der Waals surface area contributed by atoms with Crippen LogP contribution in [0.2, 0.25) is 0 Å². The molecule has 1 fully saturated rings. The van der Waals surface area contributed by atoms with Crippen LogP contribution in [0.15, 0.2) is 67.3 Å². The predicted molar refractivity (Wildman–Crippen MR) is 128 cm³/mol. The fourth-order valence-electron chi connectivity index (χ4n) is 4.53. The highest BCUT2D eigenvalue weighted by Crippen LogP contribution is 2.34. The van der Waals surface area contributed by atoms with Crippen LogP contribution in [-0.4, -0.2) is 12.7 Å². The van der Waals surface area contributed by atoms with Gasteiger partial charge in [0.2, 0.25) is 0 Å². The van der Waals surface area contributed by atoms with Crippen LogP contribution in [-0.2, 0) is 11.2 Å². The topological polar surface area (TPSA) is 9.23 Å². The first-order chi connectivity index (χ1) is 16.0. The second-order valence-electron chi connectivity index (χ2n) is 8.67. The van der Waals surface area contributed by atoms with E-state index in [9.17, 15) is 13.2 Å². The van der Waals surface area contributed by atoms with E-state index in [-0.39, 0.29) is 23.4 Å². The monoisotopic (exact) mass is 450 g/mol. The zero-order valence-electron chi connectivity index (χ0n) is 18.9. The van der Waals surface area contributed by atoms with Crippen molar-refractivity contribution in [3.05, 3.63) is 95.8 Å². The van der Waals surface area contributed by atoms with Gasteiger partial charge in [0.05, 0.1) is 12.7 Å². The maximum Gasteiger partial charge on any atom is 0.166 e. The largest absolute Gasteiger partial charge is 0.378 e. The third kappa shape index (κ3) is 5.06. The van der Waals surface area contributed by atoms with Gasteiger partial charge >= 0.3 is 0 Å². The van der Waals surface area contributed by atoms with Crippen molar-refractivity contribution >= 4 is 0 Å². The third-order valence-corrected chi connectivity index (χ3v) is 6.58. The van der Waals surface area contributed by atoms with Crippen LogP contribution in [0.4, 0.5) is 13.2 Å². The lowest BCUT2D eigenvalue weighted by atomic mass is 9.89. The number of halogens is 3. The second kappa shape index (κ2) is 10.4. The average Bonchev–Trinajstić information content (AvgIpc) is 2.85. The summed E-state index contributed by atoms with van der Waals surface area (Å²) >= 11 is 0. The molecule has 1 saturated heterocycles. The number of allylic oxidation sites excluding steroid dienone is 1. The molecule has 3 aromatic carbocycles. The van der Waals surface area contributed by atoms with Crippen molar-refractivity contribution in [1.82, 2.24) is 0 Å². The van der Waals surface area contributed by atoms with Gasteiger partial charge in [-0.25, -0.2) is 13.2 Å². The molecule has 4 rings (SSSR count). The van der Waals surface area contributed by atoms with Gasteiger partial charge in [0.25, 0.3) is 0 Å². The lowest BCUT2D eigenvalue weighted by molar-refractivity contribution is -0.000212. The minimum absolute atomic E-state index is 0.194. The number of hydrogen-bond donors (Lipinski definition) is 0. The van der Waals surface area contributed by atoms with E-state index in [0.29, 0.717) is 35.3 Å². The lowest BCUT2D eigenvalue weighted by Crippen LogP contribution is -2.24. The third-order valence-electron chi connectivity index (χ3n) is 6.58. The van der Waals surface area contributed by atoms with Crippen molar-refractivity contribution in [3.63, 3.8) is 0 Å². The Morgan fingerprint density at radius 2 is 1.61 bits per heavy atom. The van der Waals surface area contributed by atoms with Crippen molar-refractivity contribution in [3.8, 4) is 22.3 Å². The Balaban J connectivity index is 1.49. The summed E-state index contributed by atoms with van der Waals surface area (Å²) in [6, 6.07) is 15.4. The minimum atomic E-state index is -0.848. The van der Waals surface area contributed by atoms with Crippen LogP contribution in [0, 0.1) is 17.5 Å². The van der Waals surface area contributed by atoms with E-state index in [4.69, 9.17) is 4.74 Å². The molecule has 4 heteroatoms. The van der Waals surface area contributed by atoms with Gasteiger partial charge in [0.15, 0.2) is 11.6 Å². The quantitative estimate of drug-likeness (QED) is 0.329. The molecule has 0 aromatic heterocycles. The Labute approximate surface area is 193 Å². The van der Waals surface area contributed by atoms with Crippen LogP contribution in [0.1, 0.15) is 49.7 Å². The number of ether oxygens (including phenoxy) is 1. The molecule has 1 aliphatic rings. The summed E-state index contributed by atoms with van der Waals surface area (Å²) in [6.45, 7) is 6.15. The van der Waals surface area contributed by atoms with Gasteiger partial charge in [-0.2, -0.15) is 0 Å². The number of aryl methyl sites for hydroxylation is 1. The molecule has 1 nitrogen and oxygen atoms in total. The van der Waals surface area contributed by atoms with Gasteiger partial charge in [-0.3, -0.25) is 0 Å². The first-order valence-electron chi connectivity index (χ1n) is 11.6. The van der Waals surface area contributed by atoms with Crippen molar-refractivity contribution < 1.29 is 17.9 Å². The van der Waals surface area contributed by atoms with Gasteiger partial charge < -0.3 is 4.74 Å². The highest BCUT2D eigenvalue weighted by molar-refractivity contribution is 5.71. The summed E-state index contributed by atoms with van der Waals surface area (Å²) in [5.74, 6) is -1.75. The summed E-state index contributed by atoms with van der Waals surface area (Å²) in [6.07, 6.45) is 6.49. The van der Waals surface area contributed by atoms with Gasteiger partial charge in [0.1, 0.15) is 5.82 Å². The highest BCUT2D eigenvalue weighted by Gasteiger charge is 2.23. The molecular weight excluding hydrogens is 421 g/mol. The Hall–Kier alpha value is -2.85. The normalized spacial score (nSPS) is 18.3. The number of benzene rings is 3. The van der Waals surface area contributed by atoms with E-state index >= 15 is 0 Å². The van der Waals surface area contributed by atoms with E-state index in [1.54, 1.807) is 55.5 Å². The molecule has 0 aliphatic carbocycles. The Kier molecular flexibility index (Phi) is 7.34. The van der Waals surface area contributed by atoms with Gasteiger partial charge in [-0.1, -0.05) is 61.5 Å². The van der Waals surface area contributed by atoms with Crippen LogP contribution < -0.4 is 0 Å². The number of hydrogen-bond acceptors (Lipinski definition) is 1. The Bertz CT molecular complexity index is 1110. The maximum atomic E-state index is 15.0. The van der Waals surface area contributed by atoms with E-state index in [0.717, 1.165) is 31.2 Å². The maximum absolute atomic E-state index is 15.0. The van der Waals surface area contributed by atoms with Gasteiger partial charge in [0, 0.05) is 17.0 Å². The average molecular weight is 451 g/mol.